The summed E-state index contributed by atoms with van der Waals surface area (Å²) in [6.07, 6.45) is 5.25. The van der Waals surface area contributed by atoms with E-state index in [-0.39, 0.29) is 5.91 Å². The van der Waals surface area contributed by atoms with Crippen molar-refractivity contribution in [2.24, 2.45) is 13.0 Å². The standard InChI is InChI=1S/C17H21N3O3/c1-20-14-9-13(4-5-15(14)23-17(20)22)19-16(21)8-10-6-11-2-3-12(7-10)18-11/h4-5,9-12,18H,2-3,6-8H2,1H3,(H,19,21). The summed E-state index contributed by atoms with van der Waals surface area (Å²) >= 11 is 0. The molecule has 1 aromatic carbocycles. The van der Waals surface area contributed by atoms with Gasteiger partial charge in [-0.3, -0.25) is 9.36 Å². The van der Waals surface area contributed by atoms with E-state index in [1.165, 1.54) is 17.4 Å². The van der Waals surface area contributed by atoms with Crippen LogP contribution in [-0.4, -0.2) is 22.6 Å². The molecule has 2 aliphatic heterocycles. The molecule has 2 N–H and O–H groups in total. The van der Waals surface area contributed by atoms with Crippen molar-refractivity contribution in [3.8, 4) is 0 Å². The largest absolute Gasteiger partial charge is 0.419 e. The number of carbonyl (C=O) groups excluding carboxylic acids is 1. The Labute approximate surface area is 133 Å². The Morgan fingerprint density at radius 2 is 2.09 bits per heavy atom. The number of piperidine rings is 1. The smallest absolute Gasteiger partial charge is 0.408 e. The zero-order valence-electron chi connectivity index (χ0n) is 13.2. The minimum Gasteiger partial charge on any atom is -0.408 e. The molecule has 2 bridgehead atoms. The molecule has 23 heavy (non-hydrogen) atoms. The van der Waals surface area contributed by atoms with Gasteiger partial charge in [-0.2, -0.15) is 0 Å². The van der Waals surface area contributed by atoms with Gasteiger partial charge in [0.2, 0.25) is 5.91 Å². The van der Waals surface area contributed by atoms with E-state index < -0.39 is 5.76 Å². The predicted molar refractivity (Wildman–Crippen MR) is 87.4 cm³/mol. The summed E-state index contributed by atoms with van der Waals surface area (Å²) in [6.45, 7) is 0. The van der Waals surface area contributed by atoms with Crippen LogP contribution in [0.1, 0.15) is 32.1 Å². The minimum atomic E-state index is -0.395. The monoisotopic (exact) mass is 315 g/mol. The van der Waals surface area contributed by atoms with Crippen LogP contribution in [-0.2, 0) is 11.8 Å². The molecule has 1 aromatic heterocycles. The summed E-state index contributed by atoms with van der Waals surface area (Å²) in [5, 5.41) is 6.55. The number of nitrogens with one attached hydrogen (secondary N) is 2. The van der Waals surface area contributed by atoms with Gasteiger partial charge in [-0.1, -0.05) is 0 Å². The third kappa shape index (κ3) is 2.79. The Kier molecular flexibility index (Phi) is 3.49. The van der Waals surface area contributed by atoms with Crippen LogP contribution in [0.5, 0.6) is 0 Å². The van der Waals surface area contributed by atoms with Gasteiger partial charge in [-0.05, 0) is 49.8 Å². The first kappa shape index (κ1) is 14.5. The number of hydrogen-bond donors (Lipinski definition) is 2. The van der Waals surface area contributed by atoms with Crippen LogP contribution in [0.4, 0.5) is 5.69 Å². The van der Waals surface area contributed by atoms with Crippen molar-refractivity contribution >= 4 is 22.7 Å². The minimum absolute atomic E-state index is 0.0455. The lowest BCUT2D eigenvalue weighted by molar-refractivity contribution is -0.117. The van der Waals surface area contributed by atoms with Crippen molar-refractivity contribution in [1.82, 2.24) is 9.88 Å². The normalized spacial score (nSPS) is 26.6. The topological polar surface area (TPSA) is 76.3 Å². The van der Waals surface area contributed by atoms with Gasteiger partial charge in [0.15, 0.2) is 5.58 Å². The van der Waals surface area contributed by atoms with Gasteiger partial charge in [0.25, 0.3) is 0 Å². The Bertz CT molecular complexity index is 795. The molecule has 0 spiro atoms. The van der Waals surface area contributed by atoms with E-state index in [9.17, 15) is 9.59 Å². The molecule has 0 saturated carbocycles. The molecule has 0 aliphatic carbocycles. The van der Waals surface area contributed by atoms with Crippen molar-refractivity contribution in [3.63, 3.8) is 0 Å². The van der Waals surface area contributed by atoms with Crippen LogP contribution in [0.3, 0.4) is 0 Å². The molecule has 2 fully saturated rings. The molecule has 6 nitrogen and oxygen atoms in total. The third-order valence-corrected chi connectivity index (χ3v) is 5.12. The number of benzene rings is 1. The van der Waals surface area contributed by atoms with Gasteiger partial charge in [-0.25, -0.2) is 4.79 Å². The van der Waals surface area contributed by atoms with E-state index in [0.717, 1.165) is 12.8 Å². The number of aryl methyl sites for hydroxylation is 1. The lowest BCUT2D eigenvalue weighted by atomic mass is 9.89. The van der Waals surface area contributed by atoms with Crippen LogP contribution in [0.2, 0.25) is 0 Å². The van der Waals surface area contributed by atoms with Crippen LogP contribution in [0.25, 0.3) is 11.1 Å². The summed E-state index contributed by atoms with van der Waals surface area (Å²) in [4.78, 5) is 23.8. The second-order valence-corrected chi connectivity index (χ2v) is 6.84. The Morgan fingerprint density at radius 3 is 2.83 bits per heavy atom. The Balaban J connectivity index is 1.44. The Hall–Kier alpha value is -2.08. The van der Waals surface area contributed by atoms with E-state index in [4.69, 9.17) is 4.42 Å². The van der Waals surface area contributed by atoms with E-state index in [2.05, 4.69) is 10.6 Å². The predicted octanol–water partition coefficient (Wildman–Crippen LogP) is 1.99. The first-order chi connectivity index (χ1) is 11.1. The number of nitrogens with zero attached hydrogens (tertiary/aromatic N) is 1. The molecular weight excluding hydrogens is 294 g/mol. The quantitative estimate of drug-likeness (QED) is 0.908. The number of fused-ring (bicyclic) bond motifs is 3. The molecule has 2 atom stereocenters. The maximum atomic E-state index is 12.3. The van der Waals surface area contributed by atoms with Gasteiger partial charge < -0.3 is 15.1 Å². The summed E-state index contributed by atoms with van der Waals surface area (Å²) in [7, 11) is 1.66. The fourth-order valence-corrected chi connectivity index (χ4v) is 4.02. The highest BCUT2D eigenvalue weighted by molar-refractivity contribution is 5.92. The van der Waals surface area contributed by atoms with Crippen molar-refractivity contribution in [1.29, 1.82) is 0 Å². The zero-order valence-corrected chi connectivity index (χ0v) is 13.2. The number of carbonyl (C=O) groups is 1. The summed E-state index contributed by atoms with van der Waals surface area (Å²) in [6, 6.07) is 6.48. The molecule has 3 heterocycles. The number of anilines is 1. The molecule has 2 aliphatic rings. The molecule has 6 heteroatoms. The zero-order chi connectivity index (χ0) is 16.0. The number of hydrogen-bond acceptors (Lipinski definition) is 4. The average Bonchev–Trinajstić information content (AvgIpc) is 2.99. The first-order valence-corrected chi connectivity index (χ1v) is 8.24. The second-order valence-electron chi connectivity index (χ2n) is 6.84. The van der Waals surface area contributed by atoms with Gasteiger partial charge in [-0.15, -0.1) is 0 Å². The van der Waals surface area contributed by atoms with Crippen molar-refractivity contribution in [2.75, 3.05) is 5.32 Å². The lowest BCUT2D eigenvalue weighted by Gasteiger charge is -2.28. The van der Waals surface area contributed by atoms with Crippen LogP contribution in [0, 0.1) is 5.92 Å². The summed E-state index contributed by atoms with van der Waals surface area (Å²) in [5.74, 6) is 0.119. The average molecular weight is 315 g/mol. The number of oxazole rings is 1. The number of amides is 1. The van der Waals surface area contributed by atoms with Crippen molar-refractivity contribution in [3.05, 3.63) is 28.7 Å². The number of rotatable bonds is 3. The summed E-state index contributed by atoms with van der Waals surface area (Å²) < 4.78 is 6.54. The molecule has 122 valence electrons. The SMILES string of the molecule is Cn1c(=O)oc2ccc(NC(=O)CC3CC4CCC(C3)N4)cc21. The maximum Gasteiger partial charge on any atom is 0.419 e. The highest BCUT2D eigenvalue weighted by Gasteiger charge is 2.34. The lowest BCUT2D eigenvalue weighted by Crippen LogP contribution is -2.39. The van der Waals surface area contributed by atoms with Crippen molar-refractivity contribution < 1.29 is 9.21 Å². The maximum absolute atomic E-state index is 12.3. The van der Waals surface area contributed by atoms with Crippen molar-refractivity contribution in [2.45, 2.75) is 44.2 Å². The van der Waals surface area contributed by atoms with Crippen LogP contribution < -0.4 is 16.4 Å². The molecule has 0 radical (unpaired) electrons. The van der Waals surface area contributed by atoms with E-state index >= 15 is 0 Å². The van der Waals surface area contributed by atoms with Gasteiger partial charge in [0, 0.05) is 31.2 Å². The van der Waals surface area contributed by atoms with E-state index in [1.807, 2.05) is 0 Å². The highest BCUT2D eigenvalue weighted by atomic mass is 16.4. The first-order valence-electron chi connectivity index (χ1n) is 8.24. The fourth-order valence-electron chi connectivity index (χ4n) is 4.02. The third-order valence-electron chi connectivity index (χ3n) is 5.12. The molecule has 2 saturated heterocycles. The van der Waals surface area contributed by atoms with Gasteiger partial charge in [0.1, 0.15) is 0 Å². The van der Waals surface area contributed by atoms with Gasteiger partial charge in [0.05, 0.1) is 5.52 Å². The van der Waals surface area contributed by atoms with E-state index in [1.54, 1.807) is 25.2 Å². The fraction of sp³-hybridized carbons (Fsp3) is 0.529. The Morgan fingerprint density at radius 1 is 1.35 bits per heavy atom. The second kappa shape index (κ2) is 5.53. The molecule has 4 rings (SSSR count). The van der Waals surface area contributed by atoms with Gasteiger partial charge >= 0.3 is 5.76 Å². The van der Waals surface area contributed by atoms with Crippen LogP contribution in [0.15, 0.2) is 27.4 Å². The molecule has 2 aromatic rings. The summed E-state index contributed by atoms with van der Waals surface area (Å²) in [5.41, 5.74) is 1.92. The highest BCUT2D eigenvalue weighted by Crippen LogP contribution is 2.32. The molecule has 1 amide bonds. The van der Waals surface area contributed by atoms with E-state index in [0.29, 0.717) is 41.2 Å². The number of aromatic nitrogens is 1. The molecule has 2 unspecified atom stereocenters. The van der Waals surface area contributed by atoms with Crippen LogP contribution >= 0.6 is 0 Å². The molecular formula is C17H21N3O3.